The van der Waals surface area contributed by atoms with Gasteiger partial charge in [-0.2, -0.15) is 0 Å². The van der Waals surface area contributed by atoms with Crippen LogP contribution in [0, 0.1) is 5.92 Å². The van der Waals surface area contributed by atoms with Crippen molar-refractivity contribution in [1.29, 1.82) is 0 Å². The van der Waals surface area contributed by atoms with Gasteiger partial charge in [-0.1, -0.05) is 37.5 Å². The molecule has 1 fully saturated rings. The Bertz CT molecular complexity index is 1010. The van der Waals surface area contributed by atoms with E-state index in [0.717, 1.165) is 24.0 Å². The average Bonchev–Trinajstić information content (AvgIpc) is 2.97. The van der Waals surface area contributed by atoms with Crippen molar-refractivity contribution in [3.63, 3.8) is 0 Å². The molecule has 1 saturated carbocycles. The zero-order valence-corrected chi connectivity index (χ0v) is 15.2. The minimum atomic E-state index is -4.72. The number of benzene rings is 2. The Morgan fingerprint density at radius 2 is 1.68 bits per heavy atom. The molecule has 0 aliphatic heterocycles. The van der Waals surface area contributed by atoms with Gasteiger partial charge in [-0.15, -0.1) is 13.2 Å². The van der Waals surface area contributed by atoms with Gasteiger partial charge in [0.15, 0.2) is 5.58 Å². The first-order valence-electron chi connectivity index (χ1n) is 9.39. The van der Waals surface area contributed by atoms with Crippen LogP contribution in [0.4, 0.5) is 13.2 Å². The van der Waals surface area contributed by atoms with Crippen molar-refractivity contribution >= 4 is 11.1 Å². The highest BCUT2D eigenvalue weighted by Crippen LogP contribution is 2.30. The Morgan fingerprint density at radius 3 is 2.36 bits per heavy atom. The van der Waals surface area contributed by atoms with Gasteiger partial charge in [0.1, 0.15) is 5.75 Å². The number of hydrogen-bond acceptors (Lipinski definition) is 3. The topological polar surface area (TPSA) is 44.4 Å². The quantitative estimate of drug-likeness (QED) is 0.570. The van der Waals surface area contributed by atoms with Gasteiger partial charge in [0.05, 0.1) is 5.52 Å². The Morgan fingerprint density at radius 1 is 1.00 bits per heavy atom. The van der Waals surface area contributed by atoms with Crippen molar-refractivity contribution in [2.45, 2.75) is 45.0 Å². The molecule has 148 valence electrons. The lowest BCUT2D eigenvalue weighted by Gasteiger charge is -2.21. The molecule has 4 nitrogen and oxygen atoms in total. The van der Waals surface area contributed by atoms with Crippen LogP contribution in [0.25, 0.3) is 22.2 Å². The van der Waals surface area contributed by atoms with Gasteiger partial charge >= 0.3 is 12.1 Å². The van der Waals surface area contributed by atoms with E-state index in [9.17, 15) is 18.0 Å². The fourth-order valence-electron chi connectivity index (χ4n) is 3.89. The van der Waals surface area contributed by atoms with E-state index in [1.165, 1.54) is 31.4 Å². The SMILES string of the molecule is O=c1oc2ccc(-c3ccc(OC(F)(F)F)cc3)cc2n1CC1CCCCC1. The van der Waals surface area contributed by atoms with Crippen molar-refractivity contribution < 1.29 is 22.3 Å². The lowest BCUT2D eigenvalue weighted by atomic mass is 9.89. The molecule has 1 aliphatic carbocycles. The Hall–Kier alpha value is -2.70. The zero-order chi connectivity index (χ0) is 19.7. The van der Waals surface area contributed by atoms with Crippen molar-refractivity contribution in [2.75, 3.05) is 0 Å². The fraction of sp³-hybridized carbons (Fsp3) is 0.381. The first-order valence-corrected chi connectivity index (χ1v) is 9.39. The van der Waals surface area contributed by atoms with Gasteiger partial charge in [-0.05, 0) is 54.2 Å². The molecule has 0 spiro atoms. The average molecular weight is 391 g/mol. The zero-order valence-electron chi connectivity index (χ0n) is 15.2. The smallest absolute Gasteiger partial charge is 0.408 e. The summed E-state index contributed by atoms with van der Waals surface area (Å²) in [5, 5.41) is 0. The summed E-state index contributed by atoms with van der Waals surface area (Å²) in [5.74, 6) is -0.170. The molecule has 0 unspecified atom stereocenters. The van der Waals surface area contributed by atoms with Crippen molar-refractivity contribution in [3.05, 3.63) is 53.0 Å². The molecule has 4 rings (SSSR count). The fourth-order valence-corrected chi connectivity index (χ4v) is 3.89. The van der Waals surface area contributed by atoms with E-state index < -0.39 is 6.36 Å². The number of rotatable bonds is 4. The van der Waals surface area contributed by atoms with E-state index in [4.69, 9.17) is 4.42 Å². The third kappa shape index (κ3) is 4.08. The molecule has 1 aliphatic rings. The van der Waals surface area contributed by atoms with Crippen LogP contribution in [0.15, 0.2) is 51.7 Å². The van der Waals surface area contributed by atoms with Gasteiger partial charge in [-0.25, -0.2) is 4.79 Å². The van der Waals surface area contributed by atoms with Crippen molar-refractivity contribution in [2.24, 2.45) is 5.92 Å². The monoisotopic (exact) mass is 391 g/mol. The molecule has 3 aromatic rings. The molecule has 0 saturated heterocycles. The summed E-state index contributed by atoms with van der Waals surface area (Å²) >= 11 is 0. The van der Waals surface area contributed by atoms with E-state index in [-0.39, 0.29) is 11.5 Å². The second kappa shape index (κ2) is 7.37. The number of nitrogens with zero attached hydrogens (tertiary/aromatic N) is 1. The second-order valence-corrected chi connectivity index (χ2v) is 7.24. The molecule has 0 bridgehead atoms. The maximum atomic E-state index is 12.3. The van der Waals surface area contributed by atoms with E-state index in [2.05, 4.69) is 4.74 Å². The van der Waals surface area contributed by atoms with E-state index in [0.29, 0.717) is 23.6 Å². The first kappa shape index (κ1) is 18.7. The van der Waals surface area contributed by atoms with Crippen LogP contribution < -0.4 is 10.5 Å². The third-order valence-electron chi connectivity index (χ3n) is 5.25. The van der Waals surface area contributed by atoms with E-state index >= 15 is 0 Å². The Balaban J connectivity index is 1.63. The summed E-state index contributed by atoms with van der Waals surface area (Å²) < 4.78 is 47.9. The van der Waals surface area contributed by atoms with Crippen LogP contribution in [0.5, 0.6) is 5.75 Å². The highest BCUT2D eigenvalue weighted by molar-refractivity contribution is 5.80. The van der Waals surface area contributed by atoms with Gasteiger partial charge in [0.2, 0.25) is 0 Å². The molecule has 1 aromatic heterocycles. The minimum absolute atomic E-state index is 0.269. The predicted octanol–water partition coefficient (Wildman–Crippen LogP) is 5.74. The van der Waals surface area contributed by atoms with Gasteiger partial charge in [0, 0.05) is 6.54 Å². The van der Waals surface area contributed by atoms with Crippen LogP contribution in [-0.2, 0) is 6.54 Å². The van der Waals surface area contributed by atoms with Crippen molar-refractivity contribution in [3.8, 4) is 16.9 Å². The summed E-state index contributed by atoms with van der Waals surface area (Å²) in [6.45, 7) is 0.633. The summed E-state index contributed by atoms with van der Waals surface area (Å²) in [5.41, 5.74) is 2.75. The Labute approximate surface area is 159 Å². The summed E-state index contributed by atoms with van der Waals surface area (Å²) in [4.78, 5) is 12.3. The first-order chi connectivity index (χ1) is 13.4. The number of ether oxygens (including phenoxy) is 1. The molecule has 2 aromatic carbocycles. The highest BCUT2D eigenvalue weighted by Gasteiger charge is 2.31. The standard InChI is InChI=1S/C21H20F3NO3/c22-21(23,24)28-17-9-6-15(7-10-17)16-8-11-19-18(12-16)25(20(26)27-19)13-14-4-2-1-3-5-14/h6-12,14H,1-5,13H2. The molecular weight excluding hydrogens is 371 g/mol. The Kier molecular flexibility index (Phi) is 4.91. The number of hydrogen-bond donors (Lipinski definition) is 0. The molecule has 7 heteroatoms. The lowest BCUT2D eigenvalue weighted by Crippen LogP contribution is -2.21. The maximum absolute atomic E-state index is 12.3. The second-order valence-electron chi connectivity index (χ2n) is 7.24. The van der Waals surface area contributed by atoms with Gasteiger partial charge in [0.25, 0.3) is 0 Å². The van der Waals surface area contributed by atoms with E-state index in [1.807, 2.05) is 6.07 Å². The third-order valence-corrected chi connectivity index (χ3v) is 5.25. The number of alkyl halides is 3. The number of aromatic nitrogens is 1. The van der Waals surface area contributed by atoms with Crippen molar-refractivity contribution in [1.82, 2.24) is 4.57 Å². The maximum Gasteiger partial charge on any atom is 0.573 e. The summed E-state index contributed by atoms with van der Waals surface area (Å²) in [6, 6.07) is 11.0. The summed E-state index contributed by atoms with van der Waals surface area (Å²) in [6.07, 6.45) is 1.13. The molecule has 1 heterocycles. The molecule has 0 radical (unpaired) electrons. The number of oxazole rings is 1. The van der Waals surface area contributed by atoms with Crippen LogP contribution in [0.1, 0.15) is 32.1 Å². The molecule has 0 amide bonds. The van der Waals surface area contributed by atoms with E-state index in [1.54, 1.807) is 28.8 Å². The summed E-state index contributed by atoms with van der Waals surface area (Å²) in [7, 11) is 0. The van der Waals surface area contributed by atoms with Gasteiger partial charge < -0.3 is 9.15 Å². The van der Waals surface area contributed by atoms with Crippen LogP contribution in [0.3, 0.4) is 0 Å². The minimum Gasteiger partial charge on any atom is -0.408 e. The number of fused-ring (bicyclic) bond motifs is 1. The molecule has 28 heavy (non-hydrogen) atoms. The number of halogens is 3. The predicted molar refractivity (Wildman–Crippen MR) is 99.2 cm³/mol. The molecular formula is C21H20F3NO3. The van der Waals surface area contributed by atoms with Crippen LogP contribution >= 0.6 is 0 Å². The lowest BCUT2D eigenvalue weighted by molar-refractivity contribution is -0.274. The molecule has 0 N–H and O–H groups in total. The normalized spacial score (nSPS) is 15.8. The van der Waals surface area contributed by atoms with Gasteiger partial charge in [-0.3, -0.25) is 4.57 Å². The van der Waals surface area contributed by atoms with Crippen LogP contribution in [0.2, 0.25) is 0 Å². The molecule has 0 atom stereocenters. The largest absolute Gasteiger partial charge is 0.573 e. The van der Waals surface area contributed by atoms with Crippen LogP contribution in [-0.4, -0.2) is 10.9 Å². The highest BCUT2D eigenvalue weighted by atomic mass is 19.4.